The minimum absolute atomic E-state index is 0.0225. The predicted octanol–water partition coefficient (Wildman–Crippen LogP) is -0.276. The molecule has 20 heavy (non-hydrogen) atoms. The van der Waals surface area contributed by atoms with E-state index in [0.29, 0.717) is 13.2 Å². The maximum atomic E-state index is 12.1. The number of hydrogen-bond acceptors (Lipinski definition) is 4. The number of aliphatic carboxylic acids is 1. The highest BCUT2D eigenvalue weighted by Crippen LogP contribution is 2.09. The quantitative estimate of drug-likeness (QED) is 0.795. The molecule has 2 amide bonds. The lowest BCUT2D eigenvalue weighted by molar-refractivity contribution is -0.147. The van der Waals surface area contributed by atoms with Crippen molar-refractivity contribution in [3.8, 4) is 0 Å². The molecular formula is C12H18N4O4. The SMILES string of the molecule is Cc1c(CNC(=O)N2CCOCC2C(=O)O)cnn1C. The third-order valence-electron chi connectivity index (χ3n) is 3.44. The van der Waals surface area contributed by atoms with E-state index in [9.17, 15) is 9.59 Å². The van der Waals surface area contributed by atoms with Crippen molar-refractivity contribution >= 4 is 12.0 Å². The fourth-order valence-corrected chi connectivity index (χ4v) is 2.04. The van der Waals surface area contributed by atoms with Gasteiger partial charge in [-0.1, -0.05) is 0 Å². The number of aromatic nitrogens is 2. The number of rotatable bonds is 3. The first-order chi connectivity index (χ1) is 9.50. The molecule has 1 fully saturated rings. The lowest BCUT2D eigenvalue weighted by atomic mass is 10.2. The second kappa shape index (κ2) is 5.91. The molecule has 0 radical (unpaired) electrons. The fourth-order valence-electron chi connectivity index (χ4n) is 2.04. The maximum Gasteiger partial charge on any atom is 0.328 e. The summed E-state index contributed by atoms with van der Waals surface area (Å²) in [5.74, 6) is -1.06. The van der Waals surface area contributed by atoms with Gasteiger partial charge in [-0.25, -0.2) is 9.59 Å². The molecule has 2 heterocycles. The maximum absolute atomic E-state index is 12.1. The van der Waals surface area contributed by atoms with Crippen LogP contribution >= 0.6 is 0 Å². The first-order valence-corrected chi connectivity index (χ1v) is 6.33. The summed E-state index contributed by atoms with van der Waals surface area (Å²) < 4.78 is 6.81. The Bertz CT molecular complexity index is 514. The van der Waals surface area contributed by atoms with Gasteiger partial charge in [-0.3, -0.25) is 4.68 Å². The molecule has 1 atom stereocenters. The zero-order chi connectivity index (χ0) is 14.7. The first kappa shape index (κ1) is 14.3. The highest BCUT2D eigenvalue weighted by molar-refractivity contribution is 5.83. The summed E-state index contributed by atoms with van der Waals surface area (Å²) in [7, 11) is 1.82. The molecule has 0 bridgehead atoms. The summed E-state index contributed by atoms with van der Waals surface area (Å²) >= 11 is 0. The average Bonchev–Trinajstić information content (AvgIpc) is 2.76. The van der Waals surface area contributed by atoms with Crippen LogP contribution in [0, 0.1) is 6.92 Å². The van der Waals surface area contributed by atoms with Gasteiger partial charge in [-0.05, 0) is 6.92 Å². The number of carbonyl (C=O) groups is 2. The Morgan fingerprint density at radius 1 is 1.60 bits per heavy atom. The van der Waals surface area contributed by atoms with Gasteiger partial charge >= 0.3 is 12.0 Å². The molecule has 8 nitrogen and oxygen atoms in total. The van der Waals surface area contributed by atoms with Crippen LogP contribution < -0.4 is 5.32 Å². The second-order valence-electron chi connectivity index (χ2n) is 4.66. The number of hydrogen-bond donors (Lipinski definition) is 2. The minimum Gasteiger partial charge on any atom is -0.480 e. The van der Waals surface area contributed by atoms with Crippen LogP contribution in [0.25, 0.3) is 0 Å². The number of aryl methyl sites for hydroxylation is 1. The van der Waals surface area contributed by atoms with E-state index >= 15 is 0 Å². The van der Waals surface area contributed by atoms with Crippen molar-refractivity contribution in [2.45, 2.75) is 19.5 Å². The van der Waals surface area contributed by atoms with Crippen LogP contribution in [0.1, 0.15) is 11.3 Å². The molecule has 1 aliphatic rings. The zero-order valence-corrected chi connectivity index (χ0v) is 11.5. The van der Waals surface area contributed by atoms with Crippen LogP contribution in [0.2, 0.25) is 0 Å². The highest BCUT2D eigenvalue weighted by Gasteiger charge is 2.32. The van der Waals surface area contributed by atoms with Crippen molar-refractivity contribution in [3.63, 3.8) is 0 Å². The van der Waals surface area contributed by atoms with Gasteiger partial charge in [0.05, 0.1) is 19.4 Å². The van der Waals surface area contributed by atoms with Crippen LogP contribution in [-0.4, -0.2) is 57.6 Å². The number of ether oxygens (including phenoxy) is 1. The van der Waals surface area contributed by atoms with E-state index in [1.807, 2.05) is 14.0 Å². The van der Waals surface area contributed by atoms with Gasteiger partial charge in [0.15, 0.2) is 6.04 Å². The standard InChI is InChI=1S/C12H18N4O4/c1-8-9(6-14-15(8)2)5-13-12(19)16-3-4-20-7-10(16)11(17)18/h6,10H,3-5,7H2,1-2H3,(H,13,19)(H,17,18). The fraction of sp³-hybridized carbons (Fsp3) is 0.583. The Kier molecular flexibility index (Phi) is 4.23. The van der Waals surface area contributed by atoms with Gasteiger partial charge in [0.1, 0.15) is 0 Å². The van der Waals surface area contributed by atoms with E-state index in [1.165, 1.54) is 4.90 Å². The largest absolute Gasteiger partial charge is 0.480 e. The number of nitrogens with one attached hydrogen (secondary N) is 1. The molecule has 0 aromatic carbocycles. The van der Waals surface area contributed by atoms with E-state index in [4.69, 9.17) is 9.84 Å². The van der Waals surface area contributed by atoms with E-state index in [-0.39, 0.29) is 13.2 Å². The van der Waals surface area contributed by atoms with Crippen LogP contribution in [-0.2, 0) is 23.1 Å². The van der Waals surface area contributed by atoms with Crippen molar-refractivity contribution in [1.29, 1.82) is 0 Å². The molecule has 0 saturated carbocycles. The monoisotopic (exact) mass is 282 g/mol. The van der Waals surface area contributed by atoms with Crippen LogP contribution in [0.15, 0.2) is 6.20 Å². The van der Waals surface area contributed by atoms with Gasteiger partial charge in [0.2, 0.25) is 0 Å². The molecule has 1 aromatic heterocycles. The summed E-state index contributed by atoms with van der Waals surface area (Å²) in [5.41, 5.74) is 1.86. The minimum atomic E-state index is -1.06. The smallest absolute Gasteiger partial charge is 0.328 e. The summed E-state index contributed by atoms with van der Waals surface area (Å²) in [6.07, 6.45) is 1.68. The molecule has 1 aromatic rings. The number of nitrogens with zero attached hydrogens (tertiary/aromatic N) is 3. The van der Waals surface area contributed by atoms with Crippen molar-refractivity contribution < 1.29 is 19.4 Å². The third kappa shape index (κ3) is 2.90. The number of morpholine rings is 1. The number of urea groups is 1. The Morgan fingerprint density at radius 2 is 2.35 bits per heavy atom. The molecule has 0 aliphatic carbocycles. The average molecular weight is 282 g/mol. The number of carbonyl (C=O) groups excluding carboxylic acids is 1. The Labute approximate surface area is 116 Å². The summed E-state index contributed by atoms with van der Waals surface area (Å²) in [5, 5.41) is 15.9. The Balaban J connectivity index is 1.96. The topological polar surface area (TPSA) is 96.7 Å². The zero-order valence-electron chi connectivity index (χ0n) is 11.5. The number of carboxylic acid groups (broad SMARTS) is 1. The van der Waals surface area contributed by atoms with E-state index in [0.717, 1.165) is 11.3 Å². The molecule has 2 N–H and O–H groups in total. The Morgan fingerprint density at radius 3 is 2.95 bits per heavy atom. The Hall–Kier alpha value is -2.09. The van der Waals surface area contributed by atoms with Crippen LogP contribution in [0.4, 0.5) is 4.79 Å². The normalized spacial score (nSPS) is 18.9. The lowest BCUT2D eigenvalue weighted by Gasteiger charge is -2.32. The van der Waals surface area contributed by atoms with Gasteiger partial charge in [-0.15, -0.1) is 0 Å². The summed E-state index contributed by atoms with van der Waals surface area (Å²) in [4.78, 5) is 24.4. The van der Waals surface area contributed by atoms with Gasteiger partial charge in [-0.2, -0.15) is 5.10 Å². The van der Waals surface area contributed by atoms with Crippen molar-refractivity contribution in [2.75, 3.05) is 19.8 Å². The van der Waals surface area contributed by atoms with Crippen molar-refractivity contribution in [3.05, 3.63) is 17.5 Å². The van der Waals surface area contributed by atoms with Crippen LogP contribution in [0.3, 0.4) is 0 Å². The van der Waals surface area contributed by atoms with Crippen molar-refractivity contribution in [2.24, 2.45) is 7.05 Å². The van der Waals surface area contributed by atoms with Gasteiger partial charge in [0, 0.05) is 31.4 Å². The molecule has 2 rings (SSSR count). The van der Waals surface area contributed by atoms with E-state index < -0.39 is 18.0 Å². The molecule has 1 saturated heterocycles. The molecule has 0 spiro atoms. The molecule has 1 aliphatic heterocycles. The van der Waals surface area contributed by atoms with Crippen molar-refractivity contribution in [1.82, 2.24) is 20.0 Å². The highest BCUT2D eigenvalue weighted by atomic mass is 16.5. The van der Waals surface area contributed by atoms with Gasteiger partial charge < -0.3 is 20.1 Å². The second-order valence-corrected chi connectivity index (χ2v) is 4.66. The molecule has 8 heteroatoms. The first-order valence-electron chi connectivity index (χ1n) is 6.33. The van der Waals surface area contributed by atoms with Crippen LogP contribution in [0.5, 0.6) is 0 Å². The molecular weight excluding hydrogens is 264 g/mol. The number of carboxylic acids is 1. The number of amides is 2. The lowest BCUT2D eigenvalue weighted by Crippen LogP contribution is -2.55. The van der Waals surface area contributed by atoms with E-state index in [2.05, 4.69) is 10.4 Å². The molecule has 1 unspecified atom stereocenters. The third-order valence-corrected chi connectivity index (χ3v) is 3.44. The summed E-state index contributed by atoms with van der Waals surface area (Å²) in [6, 6.07) is -1.33. The van der Waals surface area contributed by atoms with Gasteiger partial charge in [0.25, 0.3) is 0 Å². The predicted molar refractivity (Wildman–Crippen MR) is 69.1 cm³/mol. The molecule has 110 valence electrons. The van der Waals surface area contributed by atoms with E-state index in [1.54, 1.807) is 10.9 Å². The summed E-state index contributed by atoms with van der Waals surface area (Å²) in [6.45, 7) is 2.87.